The third-order valence-electron chi connectivity index (χ3n) is 5.55. The highest BCUT2D eigenvalue weighted by atomic mass is 79.9. The number of pyridine rings is 1. The Labute approximate surface area is 203 Å². The highest BCUT2D eigenvalue weighted by Crippen LogP contribution is 2.23. The number of carbonyl (C=O) groups excluding carboxylic acids is 1. The second kappa shape index (κ2) is 11.6. The summed E-state index contributed by atoms with van der Waals surface area (Å²) in [5.41, 5.74) is 4.23. The van der Waals surface area contributed by atoms with E-state index in [1.165, 1.54) is 12.1 Å². The van der Waals surface area contributed by atoms with Crippen LogP contribution in [0.5, 0.6) is 5.75 Å². The van der Waals surface area contributed by atoms with Crippen molar-refractivity contribution in [2.24, 2.45) is 0 Å². The molecule has 0 saturated heterocycles. The van der Waals surface area contributed by atoms with E-state index in [2.05, 4.69) is 10.3 Å². The average molecular weight is 512 g/mol. The highest BCUT2D eigenvalue weighted by Gasteiger charge is 2.08. The summed E-state index contributed by atoms with van der Waals surface area (Å²) in [5, 5.41) is 4.13. The molecule has 7 heteroatoms. The number of aromatic amines is 1. The van der Waals surface area contributed by atoms with Crippen molar-refractivity contribution in [1.82, 2.24) is 10.3 Å². The normalized spacial score (nSPS) is 10.6. The fourth-order valence-electron chi connectivity index (χ4n) is 3.78. The Morgan fingerprint density at radius 1 is 1.06 bits per heavy atom. The van der Waals surface area contributed by atoms with E-state index >= 15 is 0 Å². The molecule has 2 aromatic heterocycles. The minimum Gasteiger partial charge on any atom is -1.00 e. The molecule has 0 atom stereocenters. The fourth-order valence-corrected chi connectivity index (χ4v) is 3.78. The summed E-state index contributed by atoms with van der Waals surface area (Å²) in [6.07, 6.45) is 7.78. The number of hydrogen-bond donors (Lipinski definition) is 2. The van der Waals surface area contributed by atoms with Crippen LogP contribution in [-0.2, 0) is 24.2 Å². The van der Waals surface area contributed by atoms with Gasteiger partial charge in [0, 0.05) is 47.8 Å². The number of aryl methyl sites for hydroxylation is 1. The van der Waals surface area contributed by atoms with Gasteiger partial charge in [-0.15, -0.1) is 0 Å². The van der Waals surface area contributed by atoms with Gasteiger partial charge in [-0.05, 0) is 54.3 Å². The number of ether oxygens (including phenoxy) is 1. The zero-order chi connectivity index (χ0) is 22.3. The van der Waals surface area contributed by atoms with Crippen LogP contribution in [0, 0.1) is 5.82 Å². The lowest BCUT2D eigenvalue weighted by Crippen LogP contribution is -3.00. The molecule has 5 nitrogen and oxygen atoms in total. The summed E-state index contributed by atoms with van der Waals surface area (Å²) >= 11 is 0. The van der Waals surface area contributed by atoms with Crippen molar-refractivity contribution in [2.45, 2.75) is 25.8 Å². The van der Waals surface area contributed by atoms with Gasteiger partial charge in [-0.25, -0.2) is 8.96 Å². The van der Waals surface area contributed by atoms with Gasteiger partial charge in [-0.3, -0.25) is 4.79 Å². The summed E-state index contributed by atoms with van der Waals surface area (Å²) in [6.45, 7) is 1.20. The Balaban J connectivity index is 0.00000306. The number of halogens is 2. The summed E-state index contributed by atoms with van der Waals surface area (Å²) in [4.78, 5) is 15.5. The number of benzene rings is 2. The first-order valence-corrected chi connectivity index (χ1v) is 10.7. The molecule has 2 aromatic carbocycles. The smallest absolute Gasteiger partial charge is 0.220 e. The largest absolute Gasteiger partial charge is 1.00 e. The second-order valence-corrected chi connectivity index (χ2v) is 7.83. The second-order valence-electron chi connectivity index (χ2n) is 7.83. The molecular formula is C26H27BrFN3O2. The number of methoxy groups -OCH3 is 1. The molecule has 4 rings (SSSR count). The molecule has 4 aromatic rings. The fraction of sp³-hybridized carbons (Fsp3) is 0.231. The Hall–Kier alpha value is -3.19. The van der Waals surface area contributed by atoms with E-state index in [9.17, 15) is 9.18 Å². The minimum atomic E-state index is -0.227. The van der Waals surface area contributed by atoms with Gasteiger partial charge in [0.2, 0.25) is 5.91 Å². The Bertz CT molecular complexity index is 1210. The van der Waals surface area contributed by atoms with E-state index in [-0.39, 0.29) is 28.7 Å². The molecule has 0 aliphatic heterocycles. The van der Waals surface area contributed by atoms with Crippen molar-refractivity contribution in [2.75, 3.05) is 13.7 Å². The van der Waals surface area contributed by atoms with E-state index in [1.807, 2.05) is 59.6 Å². The van der Waals surface area contributed by atoms with Crippen molar-refractivity contribution in [3.8, 4) is 5.75 Å². The number of H-pyrrole nitrogens is 1. The van der Waals surface area contributed by atoms with Crippen LogP contribution in [0.2, 0.25) is 0 Å². The number of aromatic nitrogens is 2. The first kappa shape index (κ1) is 24.5. The molecule has 0 radical (unpaired) electrons. The highest BCUT2D eigenvalue weighted by molar-refractivity contribution is 5.84. The van der Waals surface area contributed by atoms with Gasteiger partial charge in [-0.2, -0.15) is 0 Å². The van der Waals surface area contributed by atoms with E-state index in [1.54, 1.807) is 13.2 Å². The molecule has 2 heterocycles. The maximum Gasteiger partial charge on any atom is 0.220 e. The standard InChI is InChI=1S/C26H26FN3O2.BrH/c1-32-23-6-7-25-24(16-23)21(17-29-25)9-12-28-26(31)8-5-19-10-13-30(14-11-19)18-20-3-2-4-22(27)15-20;/h2-4,6-7,10-11,13-17,29H,5,8-9,12,18H2,1H3;1H. The molecule has 0 aliphatic rings. The average Bonchev–Trinajstić information content (AvgIpc) is 3.21. The van der Waals surface area contributed by atoms with Crippen LogP contribution in [-0.4, -0.2) is 24.5 Å². The van der Waals surface area contributed by atoms with E-state index in [0.717, 1.165) is 39.8 Å². The third-order valence-corrected chi connectivity index (χ3v) is 5.55. The van der Waals surface area contributed by atoms with Crippen molar-refractivity contribution in [1.29, 1.82) is 0 Å². The molecule has 33 heavy (non-hydrogen) atoms. The number of rotatable bonds is 9. The number of amides is 1. The molecule has 2 N–H and O–H groups in total. The van der Waals surface area contributed by atoms with Crippen molar-refractivity contribution in [3.63, 3.8) is 0 Å². The van der Waals surface area contributed by atoms with Gasteiger partial charge in [0.15, 0.2) is 18.9 Å². The molecule has 0 fully saturated rings. The zero-order valence-electron chi connectivity index (χ0n) is 18.5. The Morgan fingerprint density at radius 2 is 1.88 bits per heavy atom. The van der Waals surface area contributed by atoms with Gasteiger partial charge in [0.25, 0.3) is 0 Å². The van der Waals surface area contributed by atoms with Gasteiger partial charge in [0.05, 0.1) is 7.11 Å². The monoisotopic (exact) mass is 511 g/mol. The Kier molecular flexibility index (Phi) is 8.60. The van der Waals surface area contributed by atoms with Crippen molar-refractivity contribution < 1.29 is 35.5 Å². The van der Waals surface area contributed by atoms with Crippen molar-refractivity contribution in [3.05, 3.63) is 95.7 Å². The lowest BCUT2D eigenvalue weighted by atomic mass is 10.1. The lowest BCUT2D eigenvalue weighted by molar-refractivity contribution is -0.688. The first-order valence-electron chi connectivity index (χ1n) is 10.7. The zero-order valence-corrected chi connectivity index (χ0v) is 20.1. The quantitative estimate of drug-likeness (QED) is 0.328. The van der Waals surface area contributed by atoms with Gasteiger partial charge < -0.3 is 32.0 Å². The van der Waals surface area contributed by atoms with E-state index in [0.29, 0.717) is 25.9 Å². The molecule has 1 amide bonds. The van der Waals surface area contributed by atoms with E-state index < -0.39 is 0 Å². The molecular weight excluding hydrogens is 485 g/mol. The van der Waals surface area contributed by atoms with Crippen LogP contribution in [0.15, 0.2) is 73.2 Å². The molecule has 0 bridgehead atoms. The summed E-state index contributed by atoms with van der Waals surface area (Å²) in [5.74, 6) is 0.636. The third kappa shape index (κ3) is 6.65. The topological polar surface area (TPSA) is 58.0 Å². The number of nitrogens with one attached hydrogen (secondary N) is 2. The summed E-state index contributed by atoms with van der Waals surface area (Å²) < 4.78 is 20.6. The van der Waals surface area contributed by atoms with Crippen LogP contribution in [0.3, 0.4) is 0 Å². The van der Waals surface area contributed by atoms with Crippen LogP contribution < -0.4 is 31.6 Å². The van der Waals surface area contributed by atoms with Crippen LogP contribution in [0.4, 0.5) is 4.39 Å². The number of carbonyl (C=O) groups is 1. The van der Waals surface area contributed by atoms with Crippen molar-refractivity contribution >= 4 is 16.8 Å². The van der Waals surface area contributed by atoms with Gasteiger partial charge >= 0.3 is 0 Å². The number of hydrogen-bond acceptors (Lipinski definition) is 2. The van der Waals surface area contributed by atoms with Crippen LogP contribution in [0.25, 0.3) is 10.9 Å². The van der Waals surface area contributed by atoms with Crippen LogP contribution >= 0.6 is 0 Å². The van der Waals surface area contributed by atoms with Gasteiger partial charge in [-0.1, -0.05) is 12.1 Å². The summed E-state index contributed by atoms with van der Waals surface area (Å²) in [6, 6.07) is 16.6. The maximum atomic E-state index is 13.3. The van der Waals surface area contributed by atoms with E-state index in [4.69, 9.17) is 4.74 Å². The first-order chi connectivity index (χ1) is 15.6. The molecule has 0 saturated carbocycles. The molecule has 0 unspecified atom stereocenters. The maximum absolute atomic E-state index is 13.3. The predicted octanol–water partition coefficient (Wildman–Crippen LogP) is 0.947. The van der Waals surface area contributed by atoms with Gasteiger partial charge in [0.1, 0.15) is 11.6 Å². The molecule has 172 valence electrons. The summed E-state index contributed by atoms with van der Waals surface area (Å²) in [7, 11) is 1.66. The molecule has 0 aliphatic carbocycles. The SMILES string of the molecule is COc1ccc2[nH]cc(CCNC(=O)CCc3cc[n+](Cc4cccc(F)c4)cc3)c2c1.[Br-]. The molecule has 0 spiro atoms. The number of fused-ring (bicyclic) bond motifs is 1. The predicted molar refractivity (Wildman–Crippen MR) is 122 cm³/mol. The number of nitrogens with zero attached hydrogens (tertiary/aromatic N) is 1. The Morgan fingerprint density at radius 3 is 2.64 bits per heavy atom. The lowest BCUT2D eigenvalue weighted by Gasteiger charge is -2.06. The minimum absolute atomic E-state index is 0. The van der Waals surface area contributed by atoms with Crippen LogP contribution in [0.1, 0.15) is 23.1 Å².